The minimum absolute atomic E-state index is 0.0911. The van der Waals surface area contributed by atoms with Crippen LogP contribution in [0.25, 0.3) is 11.5 Å². The van der Waals surface area contributed by atoms with Crippen molar-refractivity contribution in [1.82, 2.24) is 15.1 Å². The van der Waals surface area contributed by atoms with Gasteiger partial charge < -0.3 is 4.42 Å². The van der Waals surface area contributed by atoms with Gasteiger partial charge in [-0.2, -0.15) is 0 Å². The van der Waals surface area contributed by atoms with E-state index in [9.17, 15) is 14.4 Å². The van der Waals surface area contributed by atoms with Gasteiger partial charge in [0.15, 0.2) is 0 Å². The number of aromatic nitrogens is 2. The van der Waals surface area contributed by atoms with E-state index in [2.05, 4.69) is 10.2 Å². The molecule has 7 nitrogen and oxygen atoms in total. The van der Waals surface area contributed by atoms with Crippen LogP contribution in [-0.2, 0) is 20.8 Å². The number of rotatable bonds is 6. The van der Waals surface area contributed by atoms with Crippen LogP contribution in [0.5, 0.6) is 0 Å². The number of likely N-dealkylation sites (tertiary alicyclic amines) is 1. The maximum Gasteiger partial charge on any atom is 0.284 e. The number of nitrogens with zero attached hydrogens (tertiary/aromatic N) is 3. The van der Waals surface area contributed by atoms with Crippen LogP contribution in [0.1, 0.15) is 31.2 Å². The molecule has 2 aliphatic rings. The Hall–Kier alpha value is -3.26. The molecule has 3 atom stereocenters. The van der Waals surface area contributed by atoms with E-state index in [1.165, 1.54) is 4.90 Å². The summed E-state index contributed by atoms with van der Waals surface area (Å²) in [6, 6.07) is 17.8. The molecule has 2 fully saturated rings. The number of benzene rings is 2. The lowest BCUT2D eigenvalue weighted by Gasteiger charge is -2.25. The molecule has 2 amide bonds. The van der Waals surface area contributed by atoms with Crippen LogP contribution >= 0.6 is 11.8 Å². The predicted molar refractivity (Wildman–Crippen MR) is 122 cm³/mol. The van der Waals surface area contributed by atoms with Gasteiger partial charge in [0.1, 0.15) is 6.04 Å². The molecule has 0 unspecified atom stereocenters. The Kier molecular flexibility index (Phi) is 6.09. The van der Waals surface area contributed by atoms with E-state index in [1.807, 2.05) is 60.7 Å². The number of carbonyl (C=O) groups excluding carboxylic acids is 3. The van der Waals surface area contributed by atoms with Crippen molar-refractivity contribution in [2.24, 2.45) is 11.8 Å². The minimum atomic E-state index is -0.921. The van der Waals surface area contributed by atoms with E-state index in [0.29, 0.717) is 18.7 Å². The van der Waals surface area contributed by atoms with Gasteiger partial charge in [0, 0.05) is 23.7 Å². The highest BCUT2D eigenvalue weighted by molar-refractivity contribution is 8.13. The summed E-state index contributed by atoms with van der Waals surface area (Å²) in [5.74, 6) is -0.763. The lowest BCUT2D eigenvalue weighted by Crippen LogP contribution is -2.46. The Morgan fingerprint density at radius 2 is 1.55 bits per heavy atom. The minimum Gasteiger partial charge on any atom is -0.411 e. The fourth-order valence-electron chi connectivity index (χ4n) is 4.71. The van der Waals surface area contributed by atoms with Crippen LogP contribution in [-0.4, -0.2) is 38.1 Å². The number of thioether (sulfide) groups is 1. The van der Waals surface area contributed by atoms with Crippen LogP contribution in [0, 0.1) is 11.8 Å². The van der Waals surface area contributed by atoms with Crippen molar-refractivity contribution in [2.45, 2.75) is 43.4 Å². The molecule has 1 aliphatic carbocycles. The monoisotopic (exact) mass is 461 g/mol. The summed E-state index contributed by atoms with van der Waals surface area (Å²) in [6.45, 7) is 0. The normalized spacial score (nSPS) is 21.2. The SMILES string of the molecule is O=C(Sc1nnc(-c2ccccc2)o1)[C@@H](Cc1ccccc1)N1C(=O)[C@H]2CCCC[C@@H]2C1=O. The molecule has 2 aromatic carbocycles. The van der Waals surface area contributed by atoms with Crippen LogP contribution in [0.3, 0.4) is 0 Å². The Balaban J connectivity index is 1.41. The van der Waals surface area contributed by atoms with Gasteiger partial charge in [0.2, 0.25) is 22.8 Å². The lowest BCUT2D eigenvalue weighted by molar-refractivity contribution is -0.145. The van der Waals surface area contributed by atoms with Gasteiger partial charge in [-0.15, -0.1) is 10.2 Å². The average Bonchev–Trinajstić information content (AvgIpc) is 3.42. The molecule has 2 heterocycles. The molecule has 0 spiro atoms. The molecule has 0 radical (unpaired) electrons. The smallest absolute Gasteiger partial charge is 0.284 e. The molecular formula is C25H23N3O4S. The number of imide groups is 1. The van der Waals surface area contributed by atoms with Gasteiger partial charge in [-0.05, 0) is 30.5 Å². The first-order chi connectivity index (χ1) is 16.1. The lowest BCUT2D eigenvalue weighted by atomic mass is 9.81. The molecule has 33 heavy (non-hydrogen) atoms. The maximum atomic E-state index is 13.4. The summed E-state index contributed by atoms with van der Waals surface area (Å²) in [5.41, 5.74) is 1.63. The van der Waals surface area contributed by atoms with Crippen molar-refractivity contribution >= 4 is 28.7 Å². The third kappa shape index (κ3) is 4.35. The largest absolute Gasteiger partial charge is 0.411 e. The molecule has 1 aliphatic heterocycles. The van der Waals surface area contributed by atoms with Crippen LogP contribution in [0.2, 0.25) is 0 Å². The number of amides is 2. The van der Waals surface area contributed by atoms with E-state index in [4.69, 9.17) is 4.42 Å². The summed E-state index contributed by atoms with van der Waals surface area (Å²) in [4.78, 5) is 41.1. The Bertz CT molecular complexity index is 1140. The van der Waals surface area contributed by atoms with Crippen LogP contribution < -0.4 is 0 Å². The van der Waals surface area contributed by atoms with Gasteiger partial charge in [0.05, 0.1) is 11.8 Å². The van der Waals surface area contributed by atoms with E-state index in [1.54, 1.807) is 0 Å². The summed E-state index contributed by atoms with van der Waals surface area (Å²) in [6.07, 6.45) is 3.53. The zero-order valence-electron chi connectivity index (χ0n) is 17.9. The van der Waals surface area contributed by atoms with E-state index in [-0.39, 0.29) is 40.4 Å². The number of hydrogen-bond acceptors (Lipinski definition) is 7. The molecule has 8 heteroatoms. The van der Waals surface area contributed by atoms with Crippen molar-refractivity contribution in [3.05, 3.63) is 66.2 Å². The summed E-state index contributed by atoms with van der Waals surface area (Å²) in [7, 11) is 0. The van der Waals surface area contributed by atoms with Gasteiger partial charge in [0.25, 0.3) is 5.22 Å². The van der Waals surface area contributed by atoms with Crippen LogP contribution in [0.4, 0.5) is 0 Å². The summed E-state index contributed by atoms with van der Waals surface area (Å²) >= 11 is 0.785. The van der Waals surface area contributed by atoms with Crippen molar-refractivity contribution in [3.8, 4) is 11.5 Å². The van der Waals surface area contributed by atoms with Crippen molar-refractivity contribution in [2.75, 3.05) is 0 Å². The maximum absolute atomic E-state index is 13.4. The molecule has 168 valence electrons. The van der Waals surface area contributed by atoms with Crippen molar-refractivity contribution in [3.63, 3.8) is 0 Å². The van der Waals surface area contributed by atoms with Crippen molar-refractivity contribution in [1.29, 1.82) is 0 Å². The van der Waals surface area contributed by atoms with Gasteiger partial charge >= 0.3 is 0 Å². The highest BCUT2D eigenvalue weighted by atomic mass is 32.2. The molecule has 0 bridgehead atoms. The second kappa shape index (κ2) is 9.31. The highest BCUT2D eigenvalue weighted by Crippen LogP contribution is 2.40. The van der Waals surface area contributed by atoms with Gasteiger partial charge in [-0.3, -0.25) is 19.3 Å². The first-order valence-corrected chi connectivity index (χ1v) is 11.9. The van der Waals surface area contributed by atoms with Gasteiger partial charge in [-0.25, -0.2) is 0 Å². The molecule has 0 N–H and O–H groups in total. The first-order valence-electron chi connectivity index (χ1n) is 11.1. The molecule has 1 aromatic heterocycles. The van der Waals surface area contributed by atoms with Crippen LogP contribution in [0.15, 0.2) is 70.3 Å². The summed E-state index contributed by atoms with van der Waals surface area (Å²) < 4.78 is 5.68. The van der Waals surface area contributed by atoms with E-state index >= 15 is 0 Å². The fraction of sp³-hybridized carbons (Fsp3) is 0.320. The molecule has 1 saturated carbocycles. The third-order valence-electron chi connectivity index (χ3n) is 6.35. The number of carbonyl (C=O) groups is 3. The zero-order valence-corrected chi connectivity index (χ0v) is 18.7. The second-order valence-corrected chi connectivity index (χ2v) is 9.37. The Morgan fingerprint density at radius 1 is 0.939 bits per heavy atom. The number of fused-ring (bicyclic) bond motifs is 1. The zero-order chi connectivity index (χ0) is 22.8. The Morgan fingerprint density at radius 3 is 2.18 bits per heavy atom. The molecule has 1 saturated heterocycles. The number of hydrogen-bond donors (Lipinski definition) is 0. The highest BCUT2D eigenvalue weighted by Gasteiger charge is 2.52. The topological polar surface area (TPSA) is 93.4 Å². The summed E-state index contributed by atoms with van der Waals surface area (Å²) in [5, 5.41) is 7.76. The average molecular weight is 462 g/mol. The van der Waals surface area contributed by atoms with E-state index in [0.717, 1.165) is 35.7 Å². The fourth-order valence-corrected chi connectivity index (χ4v) is 5.41. The quantitative estimate of drug-likeness (QED) is 0.402. The molecule has 5 rings (SSSR count). The molecular weight excluding hydrogens is 438 g/mol. The first kappa shape index (κ1) is 21.6. The second-order valence-electron chi connectivity index (χ2n) is 8.41. The third-order valence-corrected chi connectivity index (χ3v) is 7.16. The molecule has 3 aromatic rings. The van der Waals surface area contributed by atoms with Crippen molar-refractivity contribution < 1.29 is 18.8 Å². The van der Waals surface area contributed by atoms with E-state index < -0.39 is 6.04 Å². The predicted octanol–water partition coefficient (Wildman–Crippen LogP) is 4.14. The van der Waals surface area contributed by atoms with Gasteiger partial charge in [-0.1, -0.05) is 61.4 Å². The standard InChI is InChI=1S/C25H23N3O4S/c29-22-18-13-7-8-14-19(18)23(30)28(22)20(15-16-9-3-1-4-10-16)24(31)33-25-27-26-21(32-25)17-11-5-2-6-12-17/h1-6,9-12,18-20H,7-8,13-15H2/t18-,19-,20+/m0/s1. The Labute approximate surface area is 195 Å².